The van der Waals surface area contributed by atoms with Gasteiger partial charge in [0.2, 0.25) is 0 Å². The molecule has 12 nitrogen and oxygen atoms in total. The highest BCUT2D eigenvalue weighted by molar-refractivity contribution is 7.47. The summed E-state index contributed by atoms with van der Waals surface area (Å²) in [6, 6.07) is -1.23. The van der Waals surface area contributed by atoms with Crippen LogP contribution in [0.5, 0.6) is 0 Å². The number of carbonyl (C=O) groups excluding carboxylic acids is 2. The van der Waals surface area contributed by atoms with Crippen LogP contribution in [0.2, 0.25) is 0 Å². The van der Waals surface area contributed by atoms with Gasteiger partial charge in [-0.25, -0.2) is 4.57 Å². The van der Waals surface area contributed by atoms with Gasteiger partial charge >= 0.3 is 25.7 Å². The molecule has 3 atom stereocenters. The number of carboxylic acid groups (broad SMARTS) is 1. The maximum Gasteiger partial charge on any atom is 0.472 e. The number of rotatable bonds is 28. The van der Waals surface area contributed by atoms with E-state index < -0.39 is 51.1 Å². The van der Waals surface area contributed by atoms with Crippen LogP contribution >= 0.6 is 7.82 Å². The SMILES string of the molecule is CCCCCCCCCCCCCCCC(=O)OC[C@H](COP(=O)(O)OCC[N+](C)(C)C)OC(=O)[C@@H](N)CCC(=O)O. The van der Waals surface area contributed by atoms with Crippen molar-refractivity contribution in [3.8, 4) is 0 Å². The van der Waals surface area contributed by atoms with Crippen LogP contribution in [0.15, 0.2) is 0 Å². The molecule has 13 heteroatoms. The van der Waals surface area contributed by atoms with E-state index in [1.807, 2.05) is 21.1 Å². The second-order valence-corrected chi connectivity index (χ2v) is 13.3. The van der Waals surface area contributed by atoms with Gasteiger partial charge in [-0.15, -0.1) is 0 Å². The third-order valence-corrected chi connectivity index (χ3v) is 7.59. The number of unbranched alkanes of at least 4 members (excludes halogenated alkanes) is 12. The Hall–Kier alpha value is -1.56. The molecule has 4 N–H and O–H groups in total. The van der Waals surface area contributed by atoms with Crippen LogP contribution in [0.3, 0.4) is 0 Å². The standard InChI is InChI=1S/C29H57N2O10P/c1-5-6-7-8-9-10-11-12-13-14-15-16-17-18-28(34)38-23-25(41-29(35)26(30)19-20-27(32)33)24-40-42(36,37)39-22-21-31(2,3)4/h25-26H,5-24,30H2,1-4H3,(H-,32,33,36,37)/p+1/t25-,26+/m1/s1. The molecule has 42 heavy (non-hydrogen) atoms. The highest BCUT2D eigenvalue weighted by Crippen LogP contribution is 2.43. The van der Waals surface area contributed by atoms with Crippen LogP contribution in [0.25, 0.3) is 0 Å². The lowest BCUT2D eigenvalue weighted by Gasteiger charge is -2.24. The number of aliphatic carboxylic acids is 1. The zero-order valence-corrected chi connectivity index (χ0v) is 27.3. The Bertz CT molecular complexity index is 791. The first kappa shape index (κ1) is 40.4. The number of ether oxygens (including phenoxy) is 2. The minimum absolute atomic E-state index is 0.0457. The Morgan fingerprint density at radius 2 is 1.33 bits per heavy atom. The number of nitrogens with zero attached hydrogens (tertiary/aromatic N) is 1. The molecule has 0 aromatic carbocycles. The fraction of sp³-hybridized carbons (Fsp3) is 0.897. The van der Waals surface area contributed by atoms with E-state index in [2.05, 4.69) is 6.92 Å². The first-order valence-corrected chi connectivity index (χ1v) is 17.0. The summed E-state index contributed by atoms with van der Waals surface area (Å²) >= 11 is 0. The van der Waals surface area contributed by atoms with E-state index in [4.69, 9.17) is 29.4 Å². The summed E-state index contributed by atoms with van der Waals surface area (Å²) in [4.78, 5) is 45.3. The van der Waals surface area contributed by atoms with Crippen LogP contribution in [-0.4, -0.2) is 92.0 Å². The highest BCUT2D eigenvalue weighted by Gasteiger charge is 2.28. The summed E-state index contributed by atoms with van der Waals surface area (Å²) in [6.07, 6.45) is 13.9. The normalized spacial score (nSPS) is 14.6. The summed E-state index contributed by atoms with van der Waals surface area (Å²) in [7, 11) is 1.21. The molecule has 0 rings (SSSR count). The zero-order chi connectivity index (χ0) is 31.9. The Balaban J connectivity index is 4.46. The Labute approximate surface area is 252 Å². The lowest BCUT2D eigenvalue weighted by atomic mass is 10.0. The fourth-order valence-corrected chi connectivity index (χ4v) is 4.70. The molecule has 0 aromatic rings. The number of phosphoric ester groups is 1. The molecule has 0 saturated carbocycles. The van der Waals surface area contributed by atoms with Gasteiger partial charge < -0.3 is 29.7 Å². The number of carboxylic acids is 1. The van der Waals surface area contributed by atoms with E-state index in [-0.39, 0.29) is 25.9 Å². The van der Waals surface area contributed by atoms with Gasteiger partial charge in [0, 0.05) is 12.8 Å². The quantitative estimate of drug-likeness (QED) is 0.0465. The summed E-state index contributed by atoms with van der Waals surface area (Å²) in [6.45, 7) is 1.64. The smallest absolute Gasteiger partial charge is 0.472 e. The first-order valence-electron chi connectivity index (χ1n) is 15.5. The predicted octanol–water partition coefficient (Wildman–Crippen LogP) is 4.95. The van der Waals surface area contributed by atoms with Gasteiger partial charge in [-0.2, -0.15) is 0 Å². The second-order valence-electron chi connectivity index (χ2n) is 11.9. The number of phosphoric acid groups is 1. The number of esters is 2. The molecule has 0 saturated heterocycles. The van der Waals surface area contributed by atoms with Crippen molar-refractivity contribution < 1.29 is 52.0 Å². The van der Waals surface area contributed by atoms with Gasteiger partial charge in [0.1, 0.15) is 25.8 Å². The van der Waals surface area contributed by atoms with Crippen molar-refractivity contribution in [3.05, 3.63) is 0 Å². The van der Waals surface area contributed by atoms with Gasteiger partial charge in [-0.1, -0.05) is 84.0 Å². The summed E-state index contributed by atoms with van der Waals surface area (Å²) in [5.74, 6) is -2.54. The van der Waals surface area contributed by atoms with E-state index >= 15 is 0 Å². The Morgan fingerprint density at radius 3 is 1.83 bits per heavy atom. The molecule has 0 heterocycles. The summed E-state index contributed by atoms with van der Waals surface area (Å²) in [5.41, 5.74) is 5.70. The van der Waals surface area contributed by atoms with Crippen LogP contribution in [0.1, 0.15) is 110 Å². The molecule has 0 aliphatic rings. The van der Waals surface area contributed by atoms with Gasteiger partial charge in [0.25, 0.3) is 0 Å². The number of likely N-dealkylation sites (N-methyl/N-ethyl adjacent to an activating group) is 1. The van der Waals surface area contributed by atoms with Crippen molar-refractivity contribution in [2.75, 3.05) is 47.5 Å². The van der Waals surface area contributed by atoms with Crippen LogP contribution in [0.4, 0.5) is 0 Å². The van der Waals surface area contributed by atoms with E-state index in [9.17, 15) is 23.8 Å². The molecule has 0 aliphatic carbocycles. The van der Waals surface area contributed by atoms with Crippen molar-refractivity contribution in [3.63, 3.8) is 0 Å². The van der Waals surface area contributed by atoms with Gasteiger partial charge in [-0.3, -0.25) is 23.4 Å². The molecule has 0 aromatic heterocycles. The number of quaternary nitrogens is 1. The van der Waals surface area contributed by atoms with Crippen molar-refractivity contribution in [1.82, 2.24) is 0 Å². The minimum Gasteiger partial charge on any atom is -0.481 e. The van der Waals surface area contributed by atoms with E-state index in [0.29, 0.717) is 17.4 Å². The van der Waals surface area contributed by atoms with Crippen LogP contribution in [-0.2, 0) is 37.5 Å². The fourth-order valence-electron chi connectivity index (χ4n) is 3.95. The van der Waals surface area contributed by atoms with Gasteiger partial charge in [0.15, 0.2) is 6.10 Å². The first-order chi connectivity index (χ1) is 19.8. The third kappa shape index (κ3) is 26.1. The van der Waals surface area contributed by atoms with Crippen molar-refractivity contribution in [1.29, 1.82) is 0 Å². The molecule has 0 fully saturated rings. The topological polar surface area (TPSA) is 172 Å². The molecule has 0 aliphatic heterocycles. The molecule has 1 unspecified atom stereocenters. The van der Waals surface area contributed by atoms with E-state index in [0.717, 1.165) is 19.3 Å². The molecule has 0 spiro atoms. The second kappa shape index (κ2) is 23.8. The van der Waals surface area contributed by atoms with Crippen LogP contribution < -0.4 is 5.73 Å². The predicted molar refractivity (Wildman–Crippen MR) is 161 cm³/mol. The molecule has 0 bridgehead atoms. The minimum atomic E-state index is -4.47. The number of nitrogens with two attached hydrogens (primary N) is 1. The number of hydrogen-bond acceptors (Lipinski definition) is 9. The third-order valence-electron chi connectivity index (χ3n) is 6.61. The van der Waals surface area contributed by atoms with E-state index in [1.54, 1.807) is 0 Å². The largest absolute Gasteiger partial charge is 0.481 e. The van der Waals surface area contributed by atoms with Crippen molar-refractivity contribution in [2.24, 2.45) is 5.73 Å². The van der Waals surface area contributed by atoms with E-state index in [1.165, 1.54) is 57.8 Å². The zero-order valence-electron chi connectivity index (χ0n) is 26.4. The lowest BCUT2D eigenvalue weighted by Crippen LogP contribution is -2.38. The summed E-state index contributed by atoms with van der Waals surface area (Å²) in [5, 5.41) is 8.80. The van der Waals surface area contributed by atoms with Crippen molar-refractivity contribution in [2.45, 2.75) is 122 Å². The maximum atomic E-state index is 12.3. The van der Waals surface area contributed by atoms with Gasteiger partial charge in [-0.05, 0) is 12.8 Å². The maximum absolute atomic E-state index is 12.3. The monoisotopic (exact) mass is 625 g/mol. The van der Waals surface area contributed by atoms with Gasteiger partial charge in [0.05, 0.1) is 27.7 Å². The van der Waals surface area contributed by atoms with Crippen molar-refractivity contribution >= 4 is 25.7 Å². The average molecular weight is 626 g/mol. The average Bonchev–Trinajstić information content (AvgIpc) is 2.90. The Kier molecular flexibility index (Phi) is 23.0. The Morgan fingerprint density at radius 1 is 0.810 bits per heavy atom. The molecule has 248 valence electrons. The molecular formula is C29H58N2O10P+. The molecule has 0 amide bonds. The number of hydrogen-bond donors (Lipinski definition) is 3. The summed E-state index contributed by atoms with van der Waals surface area (Å²) < 4.78 is 33.2. The molecular weight excluding hydrogens is 567 g/mol. The molecule has 0 radical (unpaired) electrons. The van der Waals surface area contributed by atoms with Crippen LogP contribution in [0, 0.1) is 0 Å². The lowest BCUT2D eigenvalue weighted by molar-refractivity contribution is -0.870. The number of carbonyl (C=O) groups is 3. The highest BCUT2D eigenvalue weighted by atomic mass is 31.2.